The predicted molar refractivity (Wildman–Crippen MR) is 77.9 cm³/mol. The van der Waals surface area contributed by atoms with Crippen molar-refractivity contribution in [3.05, 3.63) is 35.9 Å². The Hall–Kier alpha value is -0.860. The van der Waals surface area contributed by atoms with Crippen molar-refractivity contribution < 1.29 is 4.74 Å². The normalized spacial score (nSPS) is 14.4. The van der Waals surface area contributed by atoms with Crippen molar-refractivity contribution >= 4 is 0 Å². The summed E-state index contributed by atoms with van der Waals surface area (Å²) in [5.41, 5.74) is 1.44. The molecule has 2 heteroatoms. The van der Waals surface area contributed by atoms with Crippen molar-refractivity contribution in [2.75, 3.05) is 14.2 Å². The standard InChI is InChI=1S/C16H27NO/c1-14(18-3)12-13-16(17-2)11-7-10-15-8-5-4-6-9-15/h4-6,8-9,14,16-17H,7,10-13H2,1-3H3. The van der Waals surface area contributed by atoms with E-state index in [0.29, 0.717) is 12.1 Å². The molecule has 0 bridgehead atoms. The third kappa shape index (κ3) is 6.18. The van der Waals surface area contributed by atoms with Gasteiger partial charge in [-0.1, -0.05) is 30.3 Å². The maximum atomic E-state index is 5.29. The number of hydrogen-bond donors (Lipinski definition) is 1. The van der Waals surface area contributed by atoms with Crippen LogP contribution in [0.2, 0.25) is 0 Å². The maximum absolute atomic E-state index is 5.29. The van der Waals surface area contributed by atoms with E-state index in [1.807, 2.05) is 0 Å². The van der Waals surface area contributed by atoms with Gasteiger partial charge in [0.15, 0.2) is 0 Å². The van der Waals surface area contributed by atoms with Crippen molar-refractivity contribution in [1.29, 1.82) is 0 Å². The van der Waals surface area contributed by atoms with Crippen LogP contribution in [0.3, 0.4) is 0 Å². The lowest BCUT2D eigenvalue weighted by molar-refractivity contribution is 0.106. The van der Waals surface area contributed by atoms with Gasteiger partial charge in [0.25, 0.3) is 0 Å². The molecule has 0 aliphatic rings. The summed E-state index contributed by atoms with van der Waals surface area (Å²) in [5.74, 6) is 0. The largest absolute Gasteiger partial charge is 0.382 e. The van der Waals surface area contributed by atoms with Crippen molar-refractivity contribution in [3.8, 4) is 0 Å². The summed E-state index contributed by atoms with van der Waals surface area (Å²) in [4.78, 5) is 0. The van der Waals surface area contributed by atoms with Crippen LogP contribution in [0.4, 0.5) is 0 Å². The minimum absolute atomic E-state index is 0.370. The molecule has 1 aromatic rings. The van der Waals surface area contributed by atoms with Crippen molar-refractivity contribution in [3.63, 3.8) is 0 Å². The Morgan fingerprint density at radius 3 is 2.44 bits per heavy atom. The molecule has 0 aliphatic carbocycles. The van der Waals surface area contributed by atoms with Crippen molar-refractivity contribution in [1.82, 2.24) is 5.32 Å². The molecule has 2 nitrogen and oxygen atoms in total. The van der Waals surface area contributed by atoms with Crippen LogP contribution in [0.15, 0.2) is 30.3 Å². The second-order valence-corrected chi connectivity index (χ2v) is 4.99. The first kappa shape index (κ1) is 15.2. The van der Waals surface area contributed by atoms with E-state index >= 15 is 0 Å². The van der Waals surface area contributed by atoms with Crippen LogP contribution >= 0.6 is 0 Å². The Bertz CT molecular complexity index is 299. The van der Waals surface area contributed by atoms with E-state index in [1.54, 1.807) is 7.11 Å². The average molecular weight is 249 g/mol. The SMILES string of the molecule is CNC(CCCc1ccccc1)CCC(C)OC. The Morgan fingerprint density at radius 2 is 1.83 bits per heavy atom. The topological polar surface area (TPSA) is 21.3 Å². The molecule has 0 amide bonds. The lowest BCUT2D eigenvalue weighted by Gasteiger charge is -2.18. The molecule has 1 N–H and O–H groups in total. The first-order valence-electron chi connectivity index (χ1n) is 7.00. The smallest absolute Gasteiger partial charge is 0.0543 e. The van der Waals surface area contributed by atoms with Gasteiger partial charge in [0.05, 0.1) is 6.10 Å². The summed E-state index contributed by atoms with van der Waals surface area (Å²) in [7, 11) is 3.85. The highest BCUT2D eigenvalue weighted by Crippen LogP contribution is 2.11. The van der Waals surface area contributed by atoms with Crippen LogP contribution in [0.25, 0.3) is 0 Å². The van der Waals surface area contributed by atoms with Crippen molar-refractivity contribution in [2.45, 2.75) is 51.2 Å². The Morgan fingerprint density at radius 1 is 1.11 bits per heavy atom. The van der Waals surface area contributed by atoms with Crippen molar-refractivity contribution in [2.24, 2.45) is 0 Å². The molecule has 0 aromatic heterocycles. The summed E-state index contributed by atoms with van der Waals surface area (Å²) in [6.07, 6.45) is 6.36. The highest BCUT2D eigenvalue weighted by Gasteiger charge is 2.08. The third-order valence-electron chi connectivity index (χ3n) is 3.59. The molecule has 1 rings (SSSR count). The Kier molecular flexibility index (Phi) is 7.70. The van der Waals surface area contributed by atoms with Gasteiger partial charge in [0.2, 0.25) is 0 Å². The summed E-state index contributed by atoms with van der Waals surface area (Å²) in [6.45, 7) is 2.14. The number of ether oxygens (including phenoxy) is 1. The maximum Gasteiger partial charge on any atom is 0.0543 e. The minimum atomic E-state index is 0.370. The number of hydrogen-bond acceptors (Lipinski definition) is 2. The van der Waals surface area contributed by atoms with Crippen LogP contribution < -0.4 is 5.32 Å². The van der Waals surface area contributed by atoms with E-state index in [0.717, 1.165) is 6.42 Å². The number of aryl methyl sites for hydroxylation is 1. The van der Waals surface area contributed by atoms with E-state index in [1.165, 1.54) is 31.2 Å². The molecule has 0 spiro atoms. The number of rotatable bonds is 9. The lowest BCUT2D eigenvalue weighted by atomic mass is 10.0. The summed E-state index contributed by atoms with van der Waals surface area (Å²) >= 11 is 0. The Balaban J connectivity index is 2.19. The predicted octanol–water partition coefficient (Wildman–Crippen LogP) is 3.41. The molecule has 102 valence electrons. The molecule has 0 fully saturated rings. The molecule has 1 aromatic carbocycles. The molecule has 2 atom stereocenters. The van der Waals surface area contributed by atoms with Gasteiger partial charge < -0.3 is 10.1 Å². The van der Waals surface area contributed by atoms with E-state index in [2.05, 4.69) is 49.6 Å². The molecule has 0 aliphatic heterocycles. The minimum Gasteiger partial charge on any atom is -0.382 e. The van der Waals surface area contributed by atoms with Crippen LogP contribution in [-0.2, 0) is 11.2 Å². The fourth-order valence-electron chi connectivity index (χ4n) is 2.18. The van der Waals surface area contributed by atoms with Crippen LogP contribution in [0, 0.1) is 0 Å². The van der Waals surface area contributed by atoms with Gasteiger partial charge in [-0.05, 0) is 51.6 Å². The third-order valence-corrected chi connectivity index (χ3v) is 3.59. The lowest BCUT2D eigenvalue weighted by Crippen LogP contribution is -2.26. The summed E-state index contributed by atoms with van der Waals surface area (Å²) in [5, 5.41) is 3.41. The van der Waals surface area contributed by atoms with Gasteiger partial charge in [-0.15, -0.1) is 0 Å². The quantitative estimate of drug-likeness (QED) is 0.724. The second kappa shape index (κ2) is 9.12. The molecular formula is C16H27NO. The average Bonchev–Trinajstić information content (AvgIpc) is 2.43. The fraction of sp³-hybridized carbons (Fsp3) is 0.625. The van der Waals surface area contributed by atoms with Gasteiger partial charge >= 0.3 is 0 Å². The van der Waals surface area contributed by atoms with Gasteiger partial charge in [-0.25, -0.2) is 0 Å². The molecule has 0 saturated carbocycles. The van der Waals surface area contributed by atoms with Crippen LogP contribution in [0.5, 0.6) is 0 Å². The van der Waals surface area contributed by atoms with Crippen LogP contribution in [-0.4, -0.2) is 26.3 Å². The molecular weight excluding hydrogens is 222 g/mol. The van der Waals surface area contributed by atoms with E-state index in [4.69, 9.17) is 4.74 Å². The monoisotopic (exact) mass is 249 g/mol. The molecule has 0 radical (unpaired) electrons. The zero-order valence-electron chi connectivity index (χ0n) is 12.0. The van der Waals surface area contributed by atoms with Gasteiger partial charge in [-0.3, -0.25) is 0 Å². The zero-order valence-corrected chi connectivity index (χ0v) is 12.0. The summed E-state index contributed by atoms with van der Waals surface area (Å²) in [6, 6.07) is 11.3. The first-order valence-corrected chi connectivity index (χ1v) is 7.00. The number of nitrogens with one attached hydrogen (secondary N) is 1. The second-order valence-electron chi connectivity index (χ2n) is 4.99. The van der Waals surface area contributed by atoms with E-state index in [9.17, 15) is 0 Å². The van der Waals surface area contributed by atoms with E-state index in [-0.39, 0.29) is 0 Å². The number of benzene rings is 1. The Labute approximate surface area is 112 Å². The highest BCUT2D eigenvalue weighted by atomic mass is 16.5. The molecule has 0 saturated heterocycles. The van der Waals surface area contributed by atoms with Gasteiger partial charge in [0, 0.05) is 13.2 Å². The van der Waals surface area contributed by atoms with Crippen LogP contribution in [0.1, 0.15) is 38.2 Å². The zero-order chi connectivity index (χ0) is 13.2. The highest BCUT2D eigenvalue weighted by molar-refractivity contribution is 5.14. The number of methoxy groups -OCH3 is 1. The molecule has 18 heavy (non-hydrogen) atoms. The van der Waals surface area contributed by atoms with Gasteiger partial charge in [-0.2, -0.15) is 0 Å². The van der Waals surface area contributed by atoms with E-state index < -0.39 is 0 Å². The van der Waals surface area contributed by atoms with Gasteiger partial charge in [0.1, 0.15) is 0 Å². The molecule has 2 unspecified atom stereocenters. The fourth-order valence-corrected chi connectivity index (χ4v) is 2.18. The molecule has 0 heterocycles. The summed E-state index contributed by atoms with van der Waals surface area (Å²) < 4.78 is 5.29. The first-order chi connectivity index (χ1) is 8.76.